The molecule has 0 aromatic heterocycles. The van der Waals surface area contributed by atoms with Crippen molar-refractivity contribution in [2.45, 2.75) is 64.6 Å². The number of rotatable bonds is 1. The third-order valence-electron chi connectivity index (χ3n) is 5.23. The highest BCUT2D eigenvalue weighted by molar-refractivity contribution is 5.32. The first-order valence-electron chi connectivity index (χ1n) is 7.07. The minimum absolute atomic E-state index is 0.0923. The van der Waals surface area contributed by atoms with Crippen molar-refractivity contribution >= 4 is 0 Å². The maximum atomic E-state index is 5.90. The lowest BCUT2D eigenvalue weighted by Crippen LogP contribution is -2.58. The van der Waals surface area contributed by atoms with Gasteiger partial charge in [0.1, 0.15) is 11.2 Å². The van der Waals surface area contributed by atoms with Gasteiger partial charge in [-0.1, -0.05) is 20.8 Å². The summed E-state index contributed by atoms with van der Waals surface area (Å²) in [7, 11) is 0. The molecule has 0 unspecified atom stereocenters. The Morgan fingerprint density at radius 3 is 2.59 bits per heavy atom. The van der Waals surface area contributed by atoms with Crippen molar-refractivity contribution in [3.05, 3.63) is 11.6 Å². The quantitative estimate of drug-likeness (QED) is 0.508. The monoisotopic (exact) mass is 236 g/mol. The van der Waals surface area contributed by atoms with E-state index in [0.717, 1.165) is 12.8 Å². The second-order valence-corrected chi connectivity index (χ2v) is 6.80. The van der Waals surface area contributed by atoms with Gasteiger partial charge in [-0.15, -0.1) is 0 Å². The predicted octanol–water partition coefficient (Wildman–Crippen LogP) is 3.87. The maximum Gasteiger partial charge on any atom is 0.128 e. The van der Waals surface area contributed by atoms with Gasteiger partial charge in [-0.3, -0.25) is 0 Å². The van der Waals surface area contributed by atoms with Gasteiger partial charge in [0, 0.05) is 0 Å². The molecule has 2 fully saturated rings. The first kappa shape index (κ1) is 11.7. The molecule has 4 atom stereocenters. The van der Waals surface area contributed by atoms with Crippen molar-refractivity contribution < 1.29 is 9.78 Å². The standard InChI is InChI=1S/C15H24O2/c1-10(2)12-6-5-11(3)15-8-7-14(4,16-17-15)9-13(12)15/h9-12H,5-8H2,1-4H3/t11-,12+,14-,15+/m0/s1. The third-order valence-corrected chi connectivity index (χ3v) is 5.23. The van der Waals surface area contributed by atoms with Gasteiger partial charge < -0.3 is 0 Å². The zero-order chi connectivity index (χ0) is 12.3. The first-order chi connectivity index (χ1) is 7.97. The van der Waals surface area contributed by atoms with E-state index in [4.69, 9.17) is 9.78 Å². The molecule has 2 aliphatic carbocycles. The van der Waals surface area contributed by atoms with E-state index in [9.17, 15) is 0 Å². The molecule has 0 N–H and O–H groups in total. The summed E-state index contributed by atoms with van der Waals surface area (Å²) >= 11 is 0. The van der Waals surface area contributed by atoms with Gasteiger partial charge in [0.15, 0.2) is 0 Å². The molecule has 17 heavy (non-hydrogen) atoms. The fourth-order valence-electron chi connectivity index (χ4n) is 3.97. The molecular formula is C15H24O2. The molecule has 0 radical (unpaired) electrons. The maximum absolute atomic E-state index is 5.90. The molecule has 1 saturated carbocycles. The summed E-state index contributed by atoms with van der Waals surface area (Å²) in [6.45, 7) is 9.14. The van der Waals surface area contributed by atoms with Crippen LogP contribution in [0.15, 0.2) is 11.6 Å². The Labute approximate surface area is 104 Å². The average molecular weight is 236 g/mol. The SMILES string of the molecule is CC(C)[C@H]1CC[C@H](C)[C@]23CC[C@@](C)(C=C12)OO3. The van der Waals surface area contributed by atoms with Crippen LogP contribution in [-0.2, 0) is 9.78 Å². The van der Waals surface area contributed by atoms with E-state index < -0.39 is 0 Å². The van der Waals surface area contributed by atoms with E-state index in [-0.39, 0.29) is 11.2 Å². The Morgan fingerprint density at radius 1 is 1.24 bits per heavy atom. The molecule has 2 heteroatoms. The second kappa shape index (κ2) is 3.58. The molecular weight excluding hydrogens is 212 g/mol. The highest BCUT2D eigenvalue weighted by Gasteiger charge is 2.56. The lowest BCUT2D eigenvalue weighted by atomic mass is 9.59. The summed E-state index contributed by atoms with van der Waals surface area (Å²) in [5.74, 6) is 1.99. The van der Waals surface area contributed by atoms with E-state index >= 15 is 0 Å². The van der Waals surface area contributed by atoms with E-state index in [1.165, 1.54) is 12.8 Å². The highest BCUT2D eigenvalue weighted by Crippen LogP contribution is 2.56. The van der Waals surface area contributed by atoms with Crippen LogP contribution in [0.3, 0.4) is 0 Å². The smallest absolute Gasteiger partial charge is 0.128 e. The summed E-state index contributed by atoms with van der Waals surface area (Å²) in [5.41, 5.74) is 1.29. The van der Waals surface area contributed by atoms with Crippen molar-refractivity contribution in [3.8, 4) is 0 Å². The number of fused-ring (bicyclic) bond motifs is 2. The highest BCUT2D eigenvalue weighted by atomic mass is 17.2. The molecule has 2 aliphatic heterocycles. The van der Waals surface area contributed by atoms with Crippen molar-refractivity contribution in [3.63, 3.8) is 0 Å². The molecule has 2 bridgehead atoms. The number of hydrogen-bond donors (Lipinski definition) is 0. The average Bonchev–Trinajstić information content (AvgIpc) is 2.28. The van der Waals surface area contributed by atoms with Crippen molar-refractivity contribution in [2.75, 3.05) is 0 Å². The van der Waals surface area contributed by atoms with E-state index in [1.54, 1.807) is 5.57 Å². The molecule has 96 valence electrons. The van der Waals surface area contributed by atoms with E-state index in [0.29, 0.717) is 17.8 Å². The van der Waals surface area contributed by atoms with Crippen LogP contribution in [0.1, 0.15) is 53.4 Å². The molecule has 1 saturated heterocycles. The first-order valence-corrected chi connectivity index (χ1v) is 7.07. The minimum atomic E-state index is -0.165. The van der Waals surface area contributed by atoms with Gasteiger partial charge in [-0.25, -0.2) is 9.78 Å². The Bertz CT molecular complexity index is 348. The van der Waals surface area contributed by atoms with Crippen LogP contribution in [0.5, 0.6) is 0 Å². The summed E-state index contributed by atoms with van der Waals surface area (Å²) < 4.78 is 0. The van der Waals surface area contributed by atoms with Gasteiger partial charge in [-0.2, -0.15) is 0 Å². The Morgan fingerprint density at radius 2 is 2.00 bits per heavy atom. The fraction of sp³-hybridized carbons (Fsp3) is 0.867. The van der Waals surface area contributed by atoms with Crippen LogP contribution in [0.25, 0.3) is 0 Å². The third kappa shape index (κ3) is 1.53. The molecule has 4 aliphatic rings. The van der Waals surface area contributed by atoms with E-state index in [2.05, 4.69) is 33.8 Å². The molecule has 0 amide bonds. The lowest BCUT2D eigenvalue weighted by molar-refractivity contribution is -0.439. The van der Waals surface area contributed by atoms with E-state index in [1.807, 2.05) is 0 Å². The lowest BCUT2D eigenvalue weighted by Gasteiger charge is -2.56. The zero-order valence-electron chi connectivity index (χ0n) is 11.5. The molecule has 0 aromatic rings. The molecule has 2 heterocycles. The van der Waals surface area contributed by atoms with Gasteiger partial charge in [0.2, 0.25) is 0 Å². The summed E-state index contributed by atoms with van der Waals surface area (Å²) in [5, 5.41) is 0. The van der Waals surface area contributed by atoms with Crippen LogP contribution >= 0.6 is 0 Å². The molecule has 2 nitrogen and oxygen atoms in total. The predicted molar refractivity (Wildman–Crippen MR) is 67.3 cm³/mol. The Hall–Kier alpha value is -0.340. The van der Waals surface area contributed by atoms with Crippen LogP contribution in [0, 0.1) is 17.8 Å². The second-order valence-electron chi connectivity index (χ2n) is 6.80. The van der Waals surface area contributed by atoms with Gasteiger partial charge >= 0.3 is 0 Å². The summed E-state index contributed by atoms with van der Waals surface area (Å²) in [4.78, 5) is 11.5. The summed E-state index contributed by atoms with van der Waals surface area (Å²) in [6.07, 6.45) is 7.21. The Kier molecular flexibility index (Phi) is 2.47. The fourth-order valence-corrected chi connectivity index (χ4v) is 3.97. The molecule has 0 aromatic carbocycles. The van der Waals surface area contributed by atoms with Crippen molar-refractivity contribution in [2.24, 2.45) is 17.8 Å². The van der Waals surface area contributed by atoms with Crippen molar-refractivity contribution in [1.82, 2.24) is 0 Å². The molecule has 4 rings (SSSR count). The Balaban J connectivity index is 2.06. The van der Waals surface area contributed by atoms with Crippen molar-refractivity contribution in [1.29, 1.82) is 0 Å². The minimum Gasteiger partial charge on any atom is -0.225 e. The van der Waals surface area contributed by atoms with Crippen LogP contribution < -0.4 is 0 Å². The van der Waals surface area contributed by atoms with Gasteiger partial charge in [0.25, 0.3) is 0 Å². The van der Waals surface area contributed by atoms with Crippen LogP contribution in [-0.4, -0.2) is 11.2 Å². The summed E-state index contributed by atoms with van der Waals surface area (Å²) in [6, 6.07) is 0. The molecule has 1 spiro atoms. The van der Waals surface area contributed by atoms with Gasteiger partial charge in [-0.05, 0) is 62.0 Å². The normalized spacial score (nSPS) is 49.1. The largest absolute Gasteiger partial charge is 0.225 e. The topological polar surface area (TPSA) is 18.5 Å². The van der Waals surface area contributed by atoms with Crippen LogP contribution in [0.4, 0.5) is 0 Å². The van der Waals surface area contributed by atoms with Crippen LogP contribution in [0.2, 0.25) is 0 Å². The zero-order valence-corrected chi connectivity index (χ0v) is 11.5. The van der Waals surface area contributed by atoms with Gasteiger partial charge in [0.05, 0.1) is 0 Å². The number of hydrogen-bond acceptors (Lipinski definition) is 2.